The molecule has 4 nitrogen and oxygen atoms in total. The molecule has 0 aliphatic carbocycles. The average Bonchev–Trinajstić information content (AvgIpc) is 2.29. The van der Waals surface area contributed by atoms with Crippen LogP contribution in [0.3, 0.4) is 0 Å². The molecular weight excluding hydrogens is 194 g/mol. The Balaban J connectivity index is 2.44. The molecule has 2 rings (SSSR count). The molecule has 0 radical (unpaired) electrons. The Morgan fingerprint density at radius 1 is 1.47 bits per heavy atom. The van der Waals surface area contributed by atoms with Crippen molar-refractivity contribution in [3.8, 4) is 0 Å². The summed E-state index contributed by atoms with van der Waals surface area (Å²) >= 11 is 0. The third-order valence-corrected chi connectivity index (χ3v) is 2.53. The molecule has 1 heterocycles. The number of hydrogen-bond acceptors (Lipinski definition) is 3. The third-order valence-electron chi connectivity index (χ3n) is 2.53. The molecule has 1 amide bonds. The van der Waals surface area contributed by atoms with E-state index in [9.17, 15) is 9.59 Å². The lowest BCUT2D eigenvalue weighted by atomic mass is 9.90. The van der Waals surface area contributed by atoms with E-state index in [1.54, 1.807) is 18.2 Å². The van der Waals surface area contributed by atoms with E-state index in [-0.39, 0.29) is 17.8 Å². The zero-order valence-electron chi connectivity index (χ0n) is 8.32. The number of methoxy groups -OCH3 is 1. The Morgan fingerprint density at radius 3 is 2.93 bits per heavy atom. The Morgan fingerprint density at radius 2 is 2.20 bits per heavy atom. The third kappa shape index (κ3) is 1.58. The van der Waals surface area contributed by atoms with Gasteiger partial charge >= 0.3 is 5.97 Å². The van der Waals surface area contributed by atoms with Crippen LogP contribution in [0.1, 0.15) is 21.8 Å². The monoisotopic (exact) mass is 205 g/mol. The number of carbonyl (C=O) groups excluding carboxylic acids is 2. The van der Waals surface area contributed by atoms with Crippen LogP contribution in [0.15, 0.2) is 24.3 Å². The van der Waals surface area contributed by atoms with E-state index < -0.39 is 0 Å². The molecule has 0 saturated heterocycles. The number of ether oxygens (including phenoxy) is 1. The van der Waals surface area contributed by atoms with Gasteiger partial charge in [-0.1, -0.05) is 18.2 Å². The minimum Gasteiger partial charge on any atom is -0.468 e. The lowest BCUT2D eigenvalue weighted by Gasteiger charge is -2.23. The SMILES string of the molecule is COC(=O)C1CNC(=O)c2ccccc21. The minimum atomic E-state index is -0.385. The molecule has 1 aliphatic rings. The van der Waals surface area contributed by atoms with Crippen molar-refractivity contribution in [2.45, 2.75) is 5.92 Å². The number of amides is 1. The predicted octanol–water partition coefficient (Wildman–Crippen LogP) is 0.687. The lowest BCUT2D eigenvalue weighted by Crippen LogP contribution is -2.38. The number of rotatable bonds is 1. The second-order valence-electron chi connectivity index (χ2n) is 3.37. The topological polar surface area (TPSA) is 55.4 Å². The van der Waals surface area contributed by atoms with Gasteiger partial charge in [-0.2, -0.15) is 0 Å². The minimum absolute atomic E-state index is 0.134. The zero-order chi connectivity index (χ0) is 10.8. The van der Waals surface area contributed by atoms with Crippen molar-refractivity contribution in [3.05, 3.63) is 35.4 Å². The smallest absolute Gasteiger partial charge is 0.314 e. The highest BCUT2D eigenvalue weighted by molar-refractivity contribution is 5.99. The van der Waals surface area contributed by atoms with Crippen LogP contribution in [0.2, 0.25) is 0 Å². The van der Waals surface area contributed by atoms with Crippen LogP contribution in [-0.2, 0) is 9.53 Å². The average molecular weight is 205 g/mol. The normalized spacial score (nSPS) is 19.0. The standard InChI is InChI=1S/C11H11NO3/c1-15-11(14)9-6-12-10(13)8-5-3-2-4-7(8)9/h2-5,9H,6H2,1H3,(H,12,13). The highest BCUT2D eigenvalue weighted by Crippen LogP contribution is 2.24. The molecule has 1 aliphatic heterocycles. The summed E-state index contributed by atoms with van der Waals surface area (Å²) in [5.41, 5.74) is 1.30. The van der Waals surface area contributed by atoms with Gasteiger partial charge in [0.2, 0.25) is 0 Å². The first-order valence-corrected chi connectivity index (χ1v) is 4.69. The van der Waals surface area contributed by atoms with Crippen molar-refractivity contribution in [1.29, 1.82) is 0 Å². The molecule has 0 spiro atoms. The summed E-state index contributed by atoms with van der Waals surface area (Å²) in [6.07, 6.45) is 0. The van der Waals surface area contributed by atoms with Gasteiger partial charge in [0.15, 0.2) is 0 Å². The van der Waals surface area contributed by atoms with E-state index in [2.05, 4.69) is 5.32 Å². The number of benzene rings is 1. The molecule has 1 unspecified atom stereocenters. The van der Waals surface area contributed by atoms with Crippen molar-refractivity contribution in [3.63, 3.8) is 0 Å². The van der Waals surface area contributed by atoms with Gasteiger partial charge in [0.25, 0.3) is 5.91 Å². The van der Waals surface area contributed by atoms with E-state index in [0.29, 0.717) is 12.1 Å². The van der Waals surface area contributed by atoms with Crippen molar-refractivity contribution in [2.75, 3.05) is 13.7 Å². The van der Waals surface area contributed by atoms with Crippen molar-refractivity contribution < 1.29 is 14.3 Å². The first-order chi connectivity index (χ1) is 7.24. The van der Waals surface area contributed by atoms with Gasteiger partial charge in [-0.15, -0.1) is 0 Å². The second-order valence-corrected chi connectivity index (χ2v) is 3.37. The van der Waals surface area contributed by atoms with E-state index in [1.807, 2.05) is 6.07 Å². The molecule has 78 valence electrons. The van der Waals surface area contributed by atoms with Crippen molar-refractivity contribution in [1.82, 2.24) is 5.32 Å². The fraction of sp³-hybridized carbons (Fsp3) is 0.273. The van der Waals surface area contributed by atoms with Crippen molar-refractivity contribution in [2.24, 2.45) is 0 Å². The fourth-order valence-corrected chi connectivity index (χ4v) is 1.76. The maximum atomic E-state index is 11.5. The maximum absolute atomic E-state index is 11.5. The van der Waals surface area contributed by atoms with Gasteiger partial charge in [0.1, 0.15) is 0 Å². The van der Waals surface area contributed by atoms with Crippen LogP contribution in [0.4, 0.5) is 0 Å². The maximum Gasteiger partial charge on any atom is 0.314 e. The first-order valence-electron chi connectivity index (χ1n) is 4.69. The number of esters is 1. The molecule has 0 bridgehead atoms. The van der Waals surface area contributed by atoms with E-state index in [4.69, 9.17) is 4.74 Å². The predicted molar refractivity (Wildman–Crippen MR) is 53.5 cm³/mol. The number of fused-ring (bicyclic) bond motifs is 1. The summed E-state index contributed by atoms with van der Waals surface area (Å²) in [6.45, 7) is 0.308. The highest BCUT2D eigenvalue weighted by Gasteiger charge is 2.30. The molecule has 15 heavy (non-hydrogen) atoms. The van der Waals surface area contributed by atoms with Crippen LogP contribution >= 0.6 is 0 Å². The molecule has 1 aromatic rings. The Kier molecular flexibility index (Phi) is 2.41. The Labute approximate surface area is 87.2 Å². The summed E-state index contributed by atoms with van der Waals surface area (Å²) in [5, 5.41) is 2.66. The van der Waals surface area contributed by atoms with Crippen LogP contribution in [0, 0.1) is 0 Å². The van der Waals surface area contributed by atoms with E-state index >= 15 is 0 Å². The number of carbonyl (C=O) groups is 2. The van der Waals surface area contributed by atoms with Gasteiger partial charge in [0.05, 0.1) is 13.0 Å². The van der Waals surface area contributed by atoms with Gasteiger partial charge in [-0.25, -0.2) is 0 Å². The molecule has 0 fully saturated rings. The summed E-state index contributed by atoms with van der Waals surface area (Å²) in [5.74, 6) is -0.836. The van der Waals surface area contributed by atoms with E-state index in [1.165, 1.54) is 7.11 Å². The highest BCUT2D eigenvalue weighted by atomic mass is 16.5. The number of hydrogen-bond donors (Lipinski definition) is 1. The molecule has 1 aromatic carbocycles. The van der Waals surface area contributed by atoms with Crippen LogP contribution in [0.25, 0.3) is 0 Å². The first kappa shape index (κ1) is 9.71. The Bertz CT molecular complexity index is 414. The largest absolute Gasteiger partial charge is 0.468 e. The summed E-state index contributed by atoms with van der Waals surface area (Å²) < 4.78 is 4.69. The van der Waals surface area contributed by atoms with Gasteiger partial charge in [-0.05, 0) is 11.6 Å². The van der Waals surface area contributed by atoms with Crippen LogP contribution in [0.5, 0.6) is 0 Å². The molecule has 1 atom stereocenters. The summed E-state index contributed by atoms with van der Waals surface area (Å²) in [6, 6.07) is 7.08. The summed E-state index contributed by atoms with van der Waals surface area (Å²) in [7, 11) is 1.35. The van der Waals surface area contributed by atoms with Gasteiger partial charge in [-0.3, -0.25) is 9.59 Å². The Hall–Kier alpha value is -1.84. The van der Waals surface area contributed by atoms with Crippen LogP contribution < -0.4 is 5.32 Å². The van der Waals surface area contributed by atoms with Gasteiger partial charge < -0.3 is 10.1 Å². The molecule has 0 aromatic heterocycles. The number of nitrogens with one attached hydrogen (secondary N) is 1. The molecule has 0 saturated carbocycles. The fourth-order valence-electron chi connectivity index (χ4n) is 1.76. The van der Waals surface area contributed by atoms with E-state index in [0.717, 1.165) is 5.56 Å². The van der Waals surface area contributed by atoms with Gasteiger partial charge in [0, 0.05) is 12.1 Å². The molecular formula is C11H11NO3. The lowest BCUT2D eigenvalue weighted by molar-refractivity contribution is -0.142. The molecule has 1 N–H and O–H groups in total. The molecule has 4 heteroatoms. The quantitative estimate of drug-likeness (QED) is 0.686. The van der Waals surface area contributed by atoms with Crippen LogP contribution in [-0.4, -0.2) is 25.5 Å². The summed E-state index contributed by atoms with van der Waals surface area (Å²) in [4.78, 5) is 22.9. The van der Waals surface area contributed by atoms with Crippen molar-refractivity contribution >= 4 is 11.9 Å². The zero-order valence-corrected chi connectivity index (χ0v) is 8.32. The second kappa shape index (κ2) is 3.73.